The summed E-state index contributed by atoms with van der Waals surface area (Å²) in [7, 11) is 3.65. The normalized spacial score (nSPS) is 26.3. The van der Waals surface area contributed by atoms with E-state index in [2.05, 4.69) is 39.5 Å². The topological polar surface area (TPSA) is 69.4 Å². The minimum absolute atomic E-state index is 0.0866. The number of ether oxygens (including phenoxy) is 1. The van der Waals surface area contributed by atoms with Crippen molar-refractivity contribution in [3.05, 3.63) is 48.0 Å². The first-order chi connectivity index (χ1) is 17.5. The van der Waals surface area contributed by atoms with E-state index >= 15 is 0 Å². The number of hydrogen-bond donors (Lipinski definition) is 0. The summed E-state index contributed by atoms with van der Waals surface area (Å²) in [5, 5.41) is 1.20. The van der Waals surface area contributed by atoms with Crippen LogP contribution in [0.1, 0.15) is 29.6 Å². The minimum Gasteiger partial charge on any atom is -0.494 e. The summed E-state index contributed by atoms with van der Waals surface area (Å²) < 4.78 is 10.3. The lowest BCUT2D eigenvalue weighted by Crippen LogP contribution is -2.62. The van der Waals surface area contributed by atoms with E-state index in [1.807, 2.05) is 19.2 Å². The van der Waals surface area contributed by atoms with Gasteiger partial charge in [-0.05, 0) is 55.4 Å². The van der Waals surface area contributed by atoms with Gasteiger partial charge in [-0.25, -0.2) is 4.98 Å². The lowest BCUT2D eigenvalue weighted by Gasteiger charge is -2.50. The number of para-hydroxylation sites is 1. The molecule has 7 nitrogen and oxygen atoms in total. The van der Waals surface area contributed by atoms with E-state index in [-0.39, 0.29) is 23.7 Å². The molecule has 4 aromatic rings. The predicted octanol–water partition coefficient (Wildman–Crippen LogP) is 4.27. The molecule has 0 radical (unpaired) electrons. The molecule has 4 atom stereocenters. The molecule has 8 rings (SSSR count). The predicted molar refractivity (Wildman–Crippen MR) is 136 cm³/mol. The van der Waals surface area contributed by atoms with Gasteiger partial charge in [0.1, 0.15) is 11.3 Å². The number of nitrogens with zero attached hydrogens (tertiary/aromatic N) is 4. The van der Waals surface area contributed by atoms with Gasteiger partial charge in [0.15, 0.2) is 11.6 Å². The first kappa shape index (κ1) is 20.6. The summed E-state index contributed by atoms with van der Waals surface area (Å²) in [6.07, 6.45) is 3.50. The average molecular weight is 481 g/mol. The van der Waals surface area contributed by atoms with E-state index in [0.29, 0.717) is 29.7 Å². The Morgan fingerprint density at radius 3 is 2.81 bits per heavy atom. The fourth-order valence-electron chi connectivity index (χ4n) is 7.12. The van der Waals surface area contributed by atoms with Crippen LogP contribution in [-0.4, -0.2) is 50.4 Å². The van der Waals surface area contributed by atoms with Gasteiger partial charge in [0.05, 0.1) is 24.4 Å². The van der Waals surface area contributed by atoms with Crippen LogP contribution < -0.4 is 4.74 Å². The smallest absolute Gasteiger partial charge is 0.254 e. The molecule has 2 aromatic heterocycles. The fraction of sp³-hybridized carbons (Fsp3) is 0.414. The van der Waals surface area contributed by atoms with Crippen molar-refractivity contribution in [1.29, 1.82) is 0 Å². The molecule has 7 heteroatoms. The Labute approximate surface area is 208 Å². The number of benzene rings is 2. The molecule has 3 aliphatic carbocycles. The van der Waals surface area contributed by atoms with E-state index in [1.165, 1.54) is 23.7 Å². The molecule has 1 amide bonds. The molecular weight excluding hydrogens is 452 g/mol. The Bertz CT molecular complexity index is 1610. The second kappa shape index (κ2) is 6.99. The van der Waals surface area contributed by atoms with Crippen LogP contribution in [0.4, 0.5) is 0 Å². The van der Waals surface area contributed by atoms with Crippen LogP contribution in [0.5, 0.6) is 5.75 Å². The van der Waals surface area contributed by atoms with E-state index < -0.39 is 0 Å². The number of amides is 1. The number of methoxy groups -OCH3 is 1. The number of fused-ring (bicyclic) bond motifs is 2. The Morgan fingerprint density at radius 2 is 2.00 bits per heavy atom. The standard InChI is InChI=1S/C29H28N4O3/c1-31-25-20(30-28(31)22-11-16-5-3-4-6-21(16)32(22)13-15-7-8-15)10-17(12-23(25)36-2)29(35)33-14-18-9-19-24(18)26(33)27(19)34/h3-6,10-12,15,18-19,24,26H,7-9,13-14H2,1-2H3/t18-,19-,24+,26+/m1/s1. The number of rotatable bonds is 5. The molecule has 4 aliphatic rings. The number of aromatic nitrogens is 3. The van der Waals surface area contributed by atoms with Gasteiger partial charge in [-0.15, -0.1) is 0 Å². The number of imidazole rings is 1. The zero-order valence-electron chi connectivity index (χ0n) is 20.5. The Kier molecular flexibility index (Phi) is 4.00. The molecule has 1 aliphatic heterocycles. The summed E-state index contributed by atoms with van der Waals surface area (Å²) in [6, 6.07) is 14.2. The van der Waals surface area contributed by atoms with Crippen molar-refractivity contribution in [2.24, 2.45) is 30.7 Å². The highest BCUT2D eigenvalue weighted by atomic mass is 16.5. The van der Waals surface area contributed by atoms with Crippen molar-refractivity contribution in [1.82, 2.24) is 19.0 Å². The molecule has 3 heterocycles. The van der Waals surface area contributed by atoms with Crippen LogP contribution in [0.25, 0.3) is 33.5 Å². The number of carbonyl (C=O) groups excluding carboxylic acids is 2. The highest BCUT2D eigenvalue weighted by molar-refractivity contribution is 6.05. The van der Waals surface area contributed by atoms with Gasteiger partial charge in [-0.3, -0.25) is 9.59 Å². The molecule has 36 heavy (non-hydrogen) atoms. The number of ketones is 1. The number of hydrogen-bond acceptors (Lipinski definition) is 4. The van der Waals surface area contributed by atoms with E-state index in [9.17, 15) is 9.59 Å². The molecule has 4 fully saturated rings. The van der Waals surface area contributed by atoms with Crippen LogP contribution >= 0.6 is 0 Å². The molecule has 0 unspecified atom stereocenters. The third kappa shape index (κ3) is 2.60. The van der Waals surface area contributed by atoms with Gasteiger partial charge in [0, 0.05) is 48.4 Å². The maximum Gasteiger partial charge on any atom is 0.254 e. The lowest BCUT2D eigenvalue weighted by molar-refractivity contribution is -0.150. The van der Waals surface area contributed by atoms with Gasteiger partial charge in [-0.2, -0.15) is 0 Å². The SMILES string of the molecule is COc1cc(C(=O)N2C[C@H]3C[C@H]4C(=O)[C@@H]2[C@@H]34)cc2nc(-c3cc4ccccc4n3CC3CC3)n(C)c12. The quantitative estimate of drug-likeness (QED) is 0.428. The van der Waals surface area contributed by atoms with Crippen LogP contribution in [0, 0.1) is 23.7 Å². The van der Waals surface area contributed by atoms with Gasteiger partial charge in [0.25, 0.3) is 5.91 Å². The zero-order valence-corrected chi connectivity index (χ0v) is 20.5. The summed E-state index contributed by atoms with van der Waals surface area (Å²) in [5.41, 5.74) is 4.45. The second-order valence-corrected chi connectivity index (χ2v) is 11.2. The van der Waals surface area contributed by atoms with E-state index in [4.69, 9.17) is 9.72 Å². The number of Topliss-reactive ketones (excluding diaryl/α,β-unsaturated/α-hetero) is 1. The second-order valence-electron chi connectivity index (χ2n) is 11.2. The molecule has 0 spiro atoms. The summed E-state index contributed by atoms with van der Waals surface area (Å²) in [6.45, 7) is 1.67. The van der Waals surface area contributed by atoms with Crippen LogP contribution in [0.3, 0.4) is 0 Å². The molecule has 2 aromatic carbocycles. The molecule has 0 bridgehead atoms. The zero-order chi connectivity index (χ0) is 24.3. The van der Waals surface area contributed by atoms with Gasteiger partial charge in [-0.1, -0.05) is 18.2 Å². The number of carbonyl (C=O) groups is 2. The molecule has 0 N–H and O–H groups in total. The molecule has 3 saturated carbocycles. The first-order valence-electron chi connectivity index (χ1n) is 13.0. The lowest BCUT2D eigenvalue weighted by atomic mass is 9.52. The summed E-state index contributed by atoms with van der Waals surface area (Å²) in [4.78, 5) is 33.0. The van der Waals surface area contributed by atoms with Gasteiger partial charge in [0.2, 0.25) is 0 Å². The fourth-order valence-corrected chi connectivity index (χ4v) is 7.12. The monoisotopic (exact) mass is 480 g/mol. The summed E-state index contributed by atoms with van der Waals surface area (Å²) >= 11 is 0. The Hall–Kier alpha value is -3.61. The molecule has 1 saturated heterocycles. The minimum atomic E-state index is -0.222. The average Bonchev–Trinajstić information content (AvgIpc) is 3.51. The van der Waals surface area contributed by atoms with E-state index in [1.54, 1.807) is 12.0 Å². The van der Waals surface area contributed by atoms with Crippen molar-refractivity contribution >= 4 is 33.6 Å². The highest BCUT2D eigenvalue weighted by Gasteiger charge is 2.67. The summed E-state index contributed by atoms with van der Waals surface area (Å²) in [5.74, 6) is 3.45. The Morgan fingerprint density at radius 1 is 1.17 bits per heavy atom. The number of likely N-dealkylation sites (tertiary alicyclic amines) is 1. The maximum atomic E-state index is 13.6. The van der Waals surface area contributed by atoms with Crippen molar-refractivity contribution < 1.29 is 14.3 Å². The highest BCUT2D eigenvalue weighted by Crippen LogP contribution is 2.58. The van der Waals surface area contributed by atoms with Gasteiger partial charge < -0.3 is 18.8 Å². The molecular formula is C29H28N4O3. The van der Waals surface area contributed by atoms with Crippen LogP contribution in [0.15, 0.2) is 42.5 Å². The van der Waals surface area contributed by atoms with E-state index in [0.717, 1.165) is 41.4 Å². The van der Waals surface area contributed by atoms with Crippen molar-refractivity contribution in [3.63, 3.8) is 0 Å². The van der Waals surface area contributed by atoms with Crippen LogP contribution in [0.2, 0.25) is 0 Å². The maximum absolute atomic E-state index is 13.6. The van der Waals surface area contributed by atoms with Crippen molar-refractivity contribution in [3.8, 4) is 17.3 Å². The largest absolute Gasteiger partial charge is 0.494 e. The first-order valence-corrected chi connectivity index (χ1v) is 13.0. The van der Waals surface area contributed by atoms with Crippen LogP contribution in [-0.2, 0) is 18.4 Å². The number of aryl methyl sites for hydroxylation is 1. The molecule has 182 valence electrons. The van der Waals surface area contributed by atoms with Crippen molar-refractivity contribution in [2.45, 2.75) is 31.8 Å². The van der Waals surface area contributed by atoms with Gasteiger partial charge >= 0.3 is 0 Å². The third-order valence-electron chi connectivity index (χ3n) is 9.19. The third-order valence-corrected chi connectivity index (χ3v) is 9.19. The Balaban J connectivity index is 1.24. The van der Waals surface area contributed by atoms with Crippen molar-refractivity contribution in [2.75, 3.05) is 13.7 Å².